The highest BCUT2D eigenvalue weighted by molar-refractivity contribution is 7.99. The van der Waals surface area contributed by atoms with Gasteiger partial charge in [0.25, 0.3) is 0 Å². The van der Waals surface area contributed by atoms with Crippen LogP contribution in [0.2, 0.25) is 0 Å². The maximum Gasteiger partial charge on any atom is 0.522 e. The van der Waals surface area contributed by atoms with Crippen LogP contribution in [0.25, 0.3) is 0 Å². The van der Waals surface area contributed by atoms with Gasteiger partial charge in [-0.2, -0.15) is 11.8 Å². The minimum atomic E-state index is -4.60. The molecule has 4 nitrogen and oxygen atoms in total. The first-order chi connectivity index (χ1) is 8.92. The van der Waals surface area contributed by atoms with Gasteiger partial charge in [-0.25, -0.2) is 0 Å². The van der Waals surface area contributed by atoms with Crippen LogP contribution in [0.15, 0.2) is 0 Å². The molecule has 1 heterocycles. The van der Waals surface area contributed by atoms with Crippen LogP contribution in [0, 0.1) is 0 Å². The summed E-state index contributed by atoms with van der Waals surface area (Å²) in [4.78, 5) is 11.7. The van der Waals surface area contributed by atoms with E-state index in [9.17, 15) is 18.0 Å². The van der Waals surface area contributed by atoms with Crippen LogP contribution in [0.3, 0.4) is 0 Å². The van der Waals surface area contributed by atoms with E-state index < -0.39 is 13.0 Å². The average Bonchev–Trinajstić information content (AvgIpc) is 2.37. The number of amides is 1. The molecule has 0 aromatic rings. The third-order valence-electron chi connectivity index (χ3n) is 2.91. The summed E-state index contributed by atoms with van der Waals surface area (Å²) in [6, 6.07) is -0.230. The Bertz CT molecular complexity index is 282. The Balaban J connectivity index is 2.08. The van der Waals surface area contributed by atoms with Gasteiger partial charge in [0.15, 0.2) is 0 Å². The van der Waals surface area contributed by atoms with Crippen LogP contribution >= 0.6 is 11.8 Å². The molecule has 0 aliphatic carbocycles. The van der Waals surface area contributed by atoms with Gasteiger partial charge in [0, 0.05) is 18.3 Å². The zero-order chi connectivity index (χ0) is 14.3. The predicted molar refractivity (Wildman–Crippen MR) is 68.0 cm³/mol. The van der Waals surface area contributed by atoms with Gasteiger partial charge in [-0.05, 0) is 25.5 Å². The van der Waals surface area contributed by atoms with E-state index in [0.717, 1.165) is 19.4 Å². The molecule has 0 bridgehead atoms. The summed E-state index contributed by atoms with van der Waals surface area (Å²) in [6.07, 6.45) is -0.680. The normalized spacial score (nSPS) is 24.2. The third-order valence-corrected chi connectivity index (χ3v) is 3.97. The standard InChI is InChI=1S/C11H19F3N2O2S/c1-19-8-3-4-9(16-7-8)10(17)15-5-2-6-18-11(12,13)14/h8-9,16H,2-7H2,1H3,(H,15,17)/t8?,9-/m1/s1. The van der Waals surface area contributed by atoms with Crippen LogP contribution in [0.5, 0.6) is 0 Å². The van der Waals surface area contributed by atoms with Crippen LogP contribution in [0.1, 0.15) is 19.3 Å². The van der Waals surface area contributed by atoms with Gasteiger partial charge in [-0.15, -0.1) is 13.2 Å². The zero-order valence-electron chi connectivity index (χ0n) is 10.8. The summed E-state index contributed by atoms with van der Waals surface area (Å²) in [5, 5.41) is 6.29. The van der Waals surface area contributed by atoms with Crippen molar-refractivity contribution in [3.8, 4) is 0 Å². The van der Waals surface area contributed by atoms with Crippen molar-refractivity contribution >= 4 is 17.7 Å². The number of alkyl halides is 3. The Morgan fingerprint density at radius 1 is 1.47 bits per heavy atom. The van der Waals surface area contributed by atoms with Gasteiger partial charge < -0.3 is 10.6 Å². The Labute approximate surface area is 114 Å². The molecular weight excluding hydrogens is 281 g/mol. The number of nitrogens with one attached hydrogen (secondary N) is 2. The average molecular weight is 300 g/mol. The second-order valence-electron chi connectivity index (χ2n) is 4.33. The largest absolute Gasteiger partial charge is 0.522 e. The number of thioether (sulfide) groups is 1. The lowest BCUT2D eigenvalue weighted by Crippen LogP contribution is -2.49. The summed E-state index contributed by atoms with van der Waals surface area (Å²) in [5.74, 6) is -0.147. The molecule has 2 atom stereocenters. The fourth-order valence-electron chi connectivity index (χ4n) is 1.85. The van der Waals surface area contributed by atoms with Crippen LogP contribution in [0.4, 0.5) is 13.2 Å². The van der Waals surface area contributed by atoms with Crippen LogP contribution in [-0.4, -0.2) is 49.5 Å². The molecule has 0 spiro atoms. The maximum atomic E-state index is 11.7. The van der Waals surface area contributed by atoms with Gasteiger partial charge in [0.05, 0.1) is 12.6 Å². The topological polar surface area (TPSA) is 50.4 Å². The Hall–Kier alpha value is -0.470. The molecule has 2 N–H and O–H groups in total. The summed E-state index contributed by atoms with van der Waals surface area (Å²) in [6.45, 7) is 0.548. The number of rotatable bonds is 6. The molecule has 0 aromatic carbocycles. The van der Waals surface area contributed by atoms with Crippen molar-refractivity contribution in [1.29, 1.82) is 0 Å². The lowest BCUT2D eigenvalue weighted by molar-refractivity contribution is -0.324. The van der Waals surface area contributed by atoms with Crippen molar-refractivity contribution in [2.24, 2.45) is 0 Å². The molecule has 19 heavy (non-hydrogen) atoms. The zero-order valence-corrected chi connectivity index (χ0v) is 11.6. The van der Waals surface area contributed by atoms with Crippen molar-refractivity contribution in [2.45, 2.75) is 36.9 Å². The smallest absolute Gasteiger partial charge is 0.355 e. The molecule has 1 rings (SSSR count). The van der Waals surface area contributed by atoms with Gasteiger partial charge in [0.2, 0.25) is 5.91 Å². The minimum absolute atomic E-state index is 0.144. The van der Waals surface area contributed by atoms with E-state index in [0.29, 0.717) is 5.25 Å². The number of hydrogen-bond acceptors (Lipinski definition) is 4. The van der Waals surface area contributed by atoms with E-state index in [1.165, 1.54) is 0 Å². The van der Waals surface area contributed by atoms with Crippen molar-refractivity contribution in [3.63, 3.8) is 0 Å². The van der Waals surface area contributed by atoms with Gasteiger partial charge in [-0.1, -0.05) is 0 Å². The molecule has 0 aromatic heterocycles. The number of carbonyl (C=O) groups is 1. The quantitative estimate of drug-likeness (QED) is 0.730. The van der Waals surface area contributed by atoms with Gasteiger partial charge in [0.1, 0.15) is 0 Å². The van der Waals surface area contributed by atoms with Gasteiger partial charge in [-0.3, -0.25) is 9.53 Å². The molecule has 1 aliphatic rings. The second kappa shape index (κ2) is 7.96. The van der Waals surface area contributed by atoms with E-state index in [4.69, 9.17) is 0 Å². The highest BCUT2D eigenvalue weighted by Gasteiger charge is 2.28. The highest BCUT2D eigenvalue weighted by atomic mass is 32.2. The van der Waals surface area contributed by atoms with Crippen LogP contribution in [-0.2, 0) is 9.53 Å². The highest BCUT2D eigenvalue weighted by Crippen LogP contribution is 2.18. The molecule has 0 radical (unpaired) electrons. The van der Waals surface area contributed by atoms with Crippen molar-refractivity contribution in [1.82, 2.24) is 10.6 Å². The van der Waals surface area contributed by atoms with Crippen molar-refractivity contribution < 1.29 is 22.7 Å². The molecule has 1 aliphatic heterocycles. The first-order valence-corrected chi connectivity index (χ1v) is 7.45. The van der Waals surface area contributed by atoms with Gasteiger partial charge >= 0.3 is 6.36 Å². The summed E-state index contributed by atoms with van der Waals surface area (Å²) < 4.78 is 38.7. The SMILES string of the molecule is CSC1CC[C@H](C(=O)NCCCOC(F)(F)F)NC1. The van der Waals surface area contributed by atoms with E-state index in [2.05, 4.69) is 15.4 Å². The Morgan fingerprint density at radius 2 is 2.21 bits per heavy atom. The third kappa shape index (κ3) is 7.03. The molecular formula is C11H19F3N2O2S. The molecule has 112 valence electrons. The van der Waals surface area contributed by atoms with E-state index in [1.807, 2.05) is 6.26 Å². The fourth-order valence-corrected chi connectivity index (χ4v) is 2.48. The van der Waals surface area contributed by atoms with Crippen molar-refractivity contribution in [2.75, 3.05) is 26.0 Å². The molecule has 1 unspecified atom stereocenters. The summed E-state index contributed by atoms with van der Waals surface area (Å²) >= 11 is 1.77. The number of ether oxygens (including phenoxy) is 1. The van der Waals surface area contributed by atoms with Crippen LogP contribution < -0.4 is 10.6 Å². The predicted octanol–water partition coefficient (Wildman–Crippen LogP) is 1.51. The molecule has 1 amide bonds. The lowest BCUT2D eigenvalue weighted by atomic mass is 10.0. The number of piperidine rings is 1. The lowest BCUT2D eigenvalue weighted by Gasteiger charge is -2.28. The molecule has 1 fully saturated rings. The van der Waals surface area contributed by atoms with E-state index in [1.54, 1.807) is 11.8 Å². The summed E-state index contributed by atoms with van der Waals surface area (Å²) in [5.41, 5.74) is 0. The van der Waals surface area contributed by atoms with Crippen molar-refractivity contribution in [3.05, 3.63) is 0 Å². The Morgan fingerprint density at radius 3 is 2.74 bits per heavy atom. The number of halogens is 3. The maximum absolute atomic E-state index is 11.7. The molecule has 1 saturated heterocycles. The fraction of sp³-hybridized carbons (Fsp3) is 0.909. The first-order valence-electron chi connectivity index (χ1n) is 6.17. The number of carbonyl (C=O) groups excluding carboxylic acids is 1. The summed E-state index contributed by atoms with van der Waals surface area (Å²) in [7, 11) is 0. The molecule has 0 saturated carbocycles. The first kappa shape index (κ1) is 16.6. The second-order valence-corrected chi connectivity index (χ2v) is 5.47. The van der Waals surface area contributed by atoms with E-state index >= 15 is 0 Å². The minimum Gasteiger partial charge on any atom is -0.355 e. The van der Waals surface area contributed by atoms with E-state index in [-0.39, 0.29) is 24.9 Å². The monoisotopic (exact) mass is 300 g/mol. The molecule has 8 heteroatoms. The number of hydrogen-bond donors (Lipinski definition) is 2. The Kier molecular flexibility index (Phi) is 6.95.